The van der Waals surface area contributed by atoms with Crippen molar-refractivity contribution in [2.45, 2.75) is 13.3 Å². The third-order valence-electron chi connectivity index (χ3n) is 3.37. The summed E-state index contributed by atoms with van der Waals surface area (Å²) < 4.78 is 0. The van der Waals surface area contributed by atoms with Gasteiger partial charge in [-0.1, -0.05) is 42.0 Å². The van der Waals surface area contributed by atoms with Gasteiger partial charge in [0.1, 0.15) is 5.82 Å². The molecule has 3 aromatic rings. The van der Waals surface area contributed by atoms with E-state index in [1.165, 1.54) is 0 Å². The molecule has 2 aromatic carbocycles. The van der Waals surface area contributed by atoms with E-state index in [0.29, 0.717) is 6.42 Å². The van der Waals surface area contributed by atoms with Crippen molar-refractivity contribution in [1.82, 2.24) is 9.97 Å². The molecule has 0 unspecified atom stereocenters. The lowest BCUT2D eigenvalue weighted by atomic mass is 10.1. The Balaban J connectivity index is 1.70. The standard InChI is InChI=1S/C18H17N3O/c1-13-4-2-5-14(10-13)11-17(22)21-16-7-3-6-15(12-16)18-19-8-9-20-18/h2-10,12H,11H2,1H3,(H,19,20)(H,21,22). The first-order valence-electron chi connectivity index (χ1n) is 7.16. The SMILES string of the molecule is Cc1cccc(CC(=O)Nc2cccc(-c3ncc[nH]3)c2)c1. The third-order valence-corrected chi connectivity index (χ3v) is 3.37. The van der Waals surface area contributed by atoms with Crippen molar-refractivity contribution >= 4 is 11.6 Å². The van der Waals surface area contributed by atoms with Crippen molar-refractivity contribution in [1.29, 1.82) is 0 Å². The van der Waals surface area contributed by atoms with Crippen molar-refractivity contribution in [3.05, 3.63) is 72.1 Å². The number of imidazole rings is 1. The number of carbonyl (C=O) groups excluding carboxylic acids is 1. The second kappa shape index (κ2) is 6.26. The number of nitrogens with zero attached hydrogens (tertiary/aromatic N) is 1. The number of benzene rings is 2. The van der Waals surface area contributed by atoms with Gasteiger partial charge in [-0.25, -0.2) is 4.98 Å². The van der Waals surface area contributed by atoms with E-state index in [0.717, 1.165) is 28.2 Å². The largest absolute Gasteiger partial charge is 0.345 e. The topological polar surface area (TPSA) is 57.8 Å². The van der Waals surface area contributed by atoms with Crippen molar-refractivity contribution in [2.24, 2.45) is 0 Å². The number of hydrogen-bond acceptors (Lipinski definition) is 2. The van der Waals surface area contributed by atoms with Gasteiger partial charge in [-0.2, -0.15) is 0 Å². The minimum Gasteiger partial charge on any atom is -0.345 e. The van der Waals surface area contributed by atoms with E-state index in [-0.39, 0.29) is 5.91 Å². The first-order chi connectivity index (χ1) is 10.7. The van der Waals surface area contributed by atoms with Crippen LogP contribution in [0.1, 0.15) is 11.1 Å². The van der Waals surface area contributed by atoms with E-state index in [1.807, 2.05) is 55.5 Å². The molecule has 0 bridgehead atoms. The maximum Gasteiger partial charge on any atom is 0.228 e. The summed E-state index contributed by atoms with van der Waals surface area (Å²) in [5.41, 5.74) is 3.88. The molecule has 0 aliphatic heterocycles. The molecule has 0 atom stereocenters. The Hall–Kier alpha value is -2.88. The zero-order chi connectivity index (χ0) is 15.4. The molecule has 0 aliphatic carbocycles. The molecule has 1 aromatic heterocycles. The fourth-order valence-electron chi connectivity index (χ4n) is 2.38. The molecule has 0 fully saturated rings. The summed E-state index contributed by atoms with van der Waals surface area (Å²) in [6.45, 7) is 2.02. The number of rotatable bonds is 4. The normalized spacial score (nSPS) is 10.4. The zero-order valence-electron chi connectivity index (χ0n) is 12.3. The van der Waals surface area contributed by atoms with E-state index < -0.39 is 0 Å². The van der Waals surface area contributed by atoms with E-state index in [4.69, 9.17) is 0 Å². The van der Waals surface area contributed by atoms with Gasteiger partial charge in [-0.15, -0.1) is 0 Å². The van der Waals surface area contributed by atoms with Gasteiger partial charge in [0, 0.05) is 23.6 Å². The van der Waals surface area contributed by atoms with Gasteiger partial charge in [0.25, 0.3) is 0 Å². The van der Waals surface area contributed by atoms with Gasteiger partial charge in [-0.05, 0) is 24.6 Å². The average molecular weight is 291 g/mol. The molecule has 4 nitrogen and oxygen atoms in total. The van der Waals surface area contributed by atoms with Crippen LogP contribution in [0.25, 0.3) is 11.4 Å². The highest BCUT2D eigenvalue weighted by Gasteiger charge is 2.06. The second-order valence-electron chi connectivity index (χ2n) is 5.23. The van der Waals surface area contributed by atoms with E-state index >= 15 is 0 Å². The quantitative estimate of drug-likeness (QED) is 0.772. The number of aromatic amines is 1. The molecule has 1 amide bonds. The minimum absolute atomic E-state index is 0.0257. The molecule has 2 N–H and O–H groups in total. The van der Waals surface area contributed by atoms with Crippen LogP contribution in [0.15, 0.2) is 60.9 Å². The van der Waals surface area contributed by atoms with Gasteiger partial charge >= 0.3 is 0 Å². The molecule has 0 spiro atoms. The molecule has 0 aliphatic rings. The van der Waals surface area contributed by atoms with Crippen LogP contribution in [0.3, 0.4) is 0 Å². The Kier molecular flexibility index (Phi) is 4.01. The van der Waals surface area contributed by atoms with E-state index in [1.54, 1.807) is 12.4 Å². The molecule has 0 saturated heterocycles. The number of anilines is 1. The fourth-order valence-corrected chi connectivity index (χ4v) is 2.38. The van der Waals surface area contributed by atoms with Crippen LogP contribution in [-0.2, 0) is 11.2 Å². The first kappa shape index (κ1) is 14.1. The zero-order valence-corrected chi connectivity index (χ0v) is 12.3. The Bertz CT molecular complexity index is 779. The van der Waals surface area contributed by atoms with Crippen LogP contribution in [0.2, 0.25) is 0 Å². The average Bonchev–Trinajstić information content (AvgIpc) is 3.01. The van der Waals surface area contributed by atoms with Gasteiger partial charge in [0.2, 0.25) is 5.91 Å². The van der Waals surface area contributed by atoms with Crippen LogP contribution < -0.4 is 5.32 Å². The molecule has 0 radical (unpaired) electrons. The first-order valence-corrected chi connectivity index (χ1v) is 7.16. The number of hydrogen-bond donors (Lipinski definition) is 2. The second-order valence-corrected chi connectivity index (χ2v) is 5.23. The highest BCUT2D eigenvalue weighted by atomic mass is 16.1. The highest BCUT2D eigenvalue weighted by Crippen LogP contribution is 2.19. The number of aromatic nitrogens is 2. The molecule has 110 valence electrons. The van der Waals surface area contributed by atoms with Crippen LogP contribution in [0.4, 0.5) is 5.69 Å². The molecule has 1 heterocycles. The number of carbonyl (C=O) groups is 1. The molecular weight excluding hydrogens is 274 g/mol. The summed E-state index contributed by atoms with van der Waals surface area (Å²) in [5.74, 6) is 0.761. The molecular formula is C18H17N3O. The van der Waals surface area contributed by atoms with E-state index in [9.17, 15) is 4.79 Å². The summed E-state index contributed by atoms with van der Waals surface area (Å²) in [5, 5.41) is 2.93. The molecule has 3 rings (SSSR count). The molecule has 22 heavy (non-hydrogen) atoms. The van der Waals surface area contributed by atoms with E-state index in [2.05, 4.69) is 15.3 Å². The summed E-state index contributed by atoms with van der Waals surface area (Å²) in [7, 11) is 0. The number of amides is 1. The fraction of sp³-hybridized carbons (Fsp3) is 0.111. The number of nitrogens with one attached hydrogen (secondary N) is 2. The van der Waals surface area contributed by atoms with Gasteiger partial charge in [0.05, 0.1) is 6.42 Å². The van der Waals surface area contributed by atoms with Crippen LogP contribution in [0.5, 0.6) is 0 Å². The van der Waals surface area contributed by atoms with Crippen molar-refractivity contribution < 1.29 is 4.79 Å². The maximum atomic E-state index is 12.2. The van der Waals surface area contributed by atoms with Crippen LogP contribution in [-0.4, -0.2) is 15.9 Å². The summed E-state index contributed by atoms with van der Waals surface area (Å²) in [6.07, 6.45) is 3.85. The predicted octanol–water partition coefficient (Wildman–Crippen LogP) is 3.57. The maximum absolute atomic E-state index is 12.2. The summed E-state index contributed by atoms with van der Waals surface area (Å²) >= 11 is 0. The lowest BCUT2D eigenvalue weighted by Gasteiger charge is -2.07. The van der Waals surface area contributed by atoms with Crippen LogP contribution >= 0.6 is 0 Å². The smallest absolute Gasteiger partial charge is 0.228 e. The Labute approximate surface area is 129 Å². The third kappa shape index (κ3) is 3.41. The number of H-pyrrole nitrogens is 1. The lowest BCUT2D eigenvalue weighted by Crippen LogP contribution is -2.14. The van der Waals surface area contributed by atoms with Crippen molar-refractivity contribution in [3.8, 4) is 11.4 Å². The van der Waals surface area contributed by atoms with Gasteiger partial charge < -0.3 is 10.3 Å². The Morgan fingerprint density at radius 1 is 1.18 bits per heavy atom. The monoisotopic (exact) mass is 291 g/mol. The van der Waals surface area contributed by atoms with Crippen LogP contribution in [0, 0.1) is 6.92 Å². The summed E-state index contributed by atoms with van der Waals surface area (Å²) in [6, 6.07) is 15.6. The predicted molar refractivity (Wildman–Crippen MR) is 87.5 cm³/mol. The lowest BCUT2D eigenvalue weighted by molar-refractivity contribution is -0.115. The van der Waals surface area contributed by atoms with Gasteiger partial charge in [0.15, 0.2) is 0 Å². The van der Waals surface area contributed by atoms with Gasteiger partial charge in [-0.3, -0.25) is 4.79 Å². The Morgan fingerprint density at radius 3 is 2.82 bits per heavy atom. The number of aryl methyl sites for hydroxylation is 1. The molecule has 4 heteroatoms. The van der Waals surface area contributed by atoms with Crippen molar-refractivity contribution in [2.75, 3.05) is 5.32 Å². The molecule has 0 saturated carbocycles. The van der Waals surface area contributed by atoms with Crippen molar-refractivity contribution in [3.63, 3.8) is 0 Å². The highest BCUT2D eigenvalue weighted by molar-refractivity contribution is 5.92. The Morgan fingerprint density at radius 2 is 2.05 bits per heavy atom. The minimum atomic E-state index is -0.0257. The summed E-state index contributed by atoms with van der Waals surface area (Å²) in [4.78, 5) is 19.4.